The van der Waals surface area contributed by atoms with Crippen LogP contribution in [0.5, 0.6) is 0 Å². The third-order valence-corrected chi connectivity index (χ3v) is 3.86. The van der Waals surface area contributed by atoms with Gasteiger partial charge < -0.3 is 0 Å². The molecule has 0 rings (SSSR count). The molecular formula is C18H33Br. The van der Waals surface area contributed by atoms with Gasteiger partial charge in [0.25, 0.3) is 0 Å². The third-order valence-electron chi connectivity index (χ3n) is 3.30. The Morgan fingerprint density at radius 1 is 0.579 bits per heavy atom. The maximum Gasteiger partial charge on any atom is 0.00313 e. The van der Waals surface area contributed by atoms with Gasteiger partial charge in [0.15, 0.2) is 0 Å². The zero-order valence-corrected chi connectivity index (χ0v) is 14.5. The van der Waals surface area contributed by atoms with E-state index in [1.165, 1.54) is 77.0 Å². The van der Waals surface area contributed by atoms with Crippen molar-refractivity contribution in [3.05, 3.63) is 24.3 Å². The Morgan fingerprint density at radius 2 is 1.00 bits per heavy atom. The number of allylic oxidation sites excluding steroid dienone is 4. The normalized spacial score (nSPS) is 11.9. The van der Waals surface area contributed by atoms with E-state index in [-0.39, 0.29) is 0 Å². The van der Waals surface area contributed by atoms with E-state index in [9.17, 15) is 0 Å². The lowest BCUT2D eigenvalue weighted by Crippen LogP contribution is -1.77. The average Bonchev–Trinajstić information content (AvgIpc) is 2.43. The molecule has 0 atom stereocenters. The minimum absolute atomic E-state index is 1.16. The lowest BCUT2D eigenvalue weighted by atomic mass is 10.1. The fraction of sp³-hybridized carbons (Fsp3) is 0.778. The molecule has 0 aromatic heterocycles. The van der Waals surface area contributed by atoms with Crippen LogP contribution in [-0.4, -0.2) is 5.33 Å². The molecule has 0 heterocycles. The van der Waals surface area contributed by atoms with Crippen LogP contribution in [0.25, 0.3) is 0 Å². The van der Waals surface area contributed by atoms with E-state index in [0.717, 1.165) is 5.33 Å². The highest BCUT2D eigenvalue weighted by Crippen LogP contribution is 2.06. The summed E-state index contributed by atoms with van der Waals surface area (Å²) in [7, 11) is 0. The Hall–Kier alpha value is -0.0400. The molecule has 0 aromatic rings. The summed E-state index contributed by atoms with van der Waals surface area (Å²) in [5.41, 5.74) is 0. The molecule has 0 nitrogen and oxygen atoms in total. The van der Waals surface area contributed by atoms with Gasteiger partial charge in [-0.1, -0.05) is 66.4 Å². The molecule has 0 unspecified atom stereocenters. The molecule has 0 aliphatic carbocycles. The molecule has 0 aliphatic rings. The first kappa shape index (κ1) is 19.0. The first-order valence-corrected chi connectivity index (χ1v) is 9.40. The topological polar surface area (TPSA) is 0 Å². The minimum atomic E-state index is 1.16. The Kier molecular flexibility index (Phi) is 17.9. The van der Waals surface area contributed by atoms with E-state index in [0.29, 0.717) is 0 Å². The summed E-state index contributed by atoms with van der Waals surface area (Å²) >= 11 is 3.47. The van der Waals surface area contributed by atoms with Crippen molar-refractivity contribution < 1.29 is 0 Å². The summed E-state index contributed by atoms with van der Waals surface area (Å²) in [4.78, 5) is 0. The number of alkyl halides is 1. The molecule has 0 fully saturated rings. The minimum Gasteiger partial charge on any atom is -0.0928 e. The zero-order chi connectivity index (χ0) is 14.0. The lowest BCUT2D eigenvalue weighted by molar-refractivity contribution is 0.721. The maximum absolute atomic E-state index is 3.47. The van der Waals surface area contributed by atoms with Gasteiger partial charge in [-0.25, -0.2) is 0 Å². The summed E-state index contributed by atoms with van der Waals surface area (Å²) in [5.74, 6) is 0. The fourth-order valence-corrected chi connectivity index (χ4v) is 2.44. The van der Waals surface area contributed by atoms with Gasteiger partial charge in [-0.05, 0) is 57.8 Å². The van der Waals surface area contributed by atoms with Crippen LogP contribution in [0, 0.1) is 0 Å². The number of halogens is 1. The molecular weight excluding hydrogens is 296 g/mol. The highest BCUT2D eigenvalue weighted by molar-refractivity contribution is 9.09. The van der Waals surface area contributed by atoms with Gasteiger partial charge in [0, 0.05) is 5.33 Å². The largest absolute Gasteiger partial charge is 0.0928 e. The van der Waals surface area contributed by atoms with E-state index in [1.807, 2.05) is 0 Å². The number of hydrogen-bond donors (Lipinski definition) is 0. The van der Waals surface area contributed by atoms with Crippen molar-refractivity contribution in [3.63, 3.8) is 0 Å². The highest BCUT2D eigenvalue weighted by Gasteiger charge is 1.86. The van der Waals surface area contributed by atoms with Crippen molar-refractivity contribution in [1.82, 2.24) is 0 Å². The molecule has 0 saturated carbocycles. The Balaban J connectivity index is 3.11. The van der Waals surface area contributed by atoms with Gasteiger partial charge in [0.1, 0.15) is 0 Å². The summed E-state index contributed by atoms with van der Waals surface area (Å²) < 4.78 is 0. The zero-order valence-electron chi connectivity index (χ0n) is 12.9. The van der Waals surface area contributed by atoms with Crippen molar-refractivity contribution in [1.29, 1.82) is 0 Å². The molecule has 0 spiro atoms. The highest BCUT2D eigenvalue weighted by atomic mass is 79.9. The molecule has 0 amide bonds. The standard InChI is InChI=1S/C18H33Br/c1-2-3-4-5-6-7-8-9-10-11-12-13-14-15-16-17-18-19/h6-7,12-13H,2-5,8-11,14-18H2,1H3. The van der Waals surface area contributed by atoms with Gasteiger partial charge in [-0.3, -0.25) is 0 Å². The number of rotatable bonds is 14. The van der Waals surface area contributed by atoms with Crippen molar-refractivity contribution in [3.8, 4) is 0 Å². The van der Waals surface area contributed by atoms with Crippen LogP contribution in [0.15, 0.2) is 24.3 Å². The molecule has 19 heavy (non-hydrogen) atoms. The van der Waals surface area contributed by atoms with Crippen molar-refractivity contribution in [2.24, 2.45) is 0 Å². The van der Waals surface area contributed by atoms with Gasteiger partial charge in [0.2, 0.25) is 0 Å². The maximum atomic E-state index is 3.47. The predicted octanol–water partition coefficient (Wildman–Crippen LogP) is 7.19. The molecule has 112 valence electrons. The van der Waals surface area contributed by atoms with Crippen LogP contribution in [0.2, 0.25) is 0 Å². The van der Waals surface area contributed by atoms with E-state index >= 15 is 0 Å². The van der Waals surface area contributed by atoms with Gasteiger partial charge >= 0.3 is 0 Å². The molecule has 0 radical (unpaired) electrons. The van der Waals surface area contributed by atoms with E-state index in [1.54, 1.807) is 0 Å². The van der Waals surface area contributed by atoms with Crippen LogP contribution in [0.1, 0.15) is 84.0 Å². The number of hydrogen-bond acceptors (Lipinski definition) is 0. The van der Waals surface area contributed by atoms with Crippen LogP contribution >= 0.6 is 15.9 Å². The smallest absolute Gasteiger partial charge is 0.00313 e. The molecule has 0 N–H and O–H groups in total. The van der Waals surface area contributed by atoms with Crippen LogP contribution in [0.3, 0.4) is 0 Å². The third kappa shape index (κ3) is 18.0. The second-order valence-corrected chi connectivity index (χ2v) is 6.05. The summed E-state index contributed by atoms with van der Waals surface area (Å²) in [6.45, 7) is 2.26. The van der Waals surface area contributed by atoms with Crippen molar-refractivity contribution in [2.75, 3.05) is 5.33 Å². The van der Waals surface area contributed by atoms with E-state index in [2.05, 4.69) is 47.2 Å². The van der Waals surface area contributed by atoms with E-state index in [4.69, 9.17) is 0 Å². The van der Waals surface area contributed by atoms with E-state index < -0.39 is 0 Å². The van der Waals surface area contributed by atoms with Crippen LogP contribution in [-0.2, 0) is 0 Å². The van der Waals surface area contributed by atoms with Crippen LogP contribution < -0.4 is 0 Å². The Labute approximate surface area is 129 Å². The first-order valence-electron chi connectivity index (χ1n) is 8.27. The fourth-order valence-electron chi connectivity index (χ4n) is 2.04. The Morgan fingerprint density at radius 3 is 1.42 bits per heavy atom. The molecule has 0 aromatic carbocycles. The lowest BCUT2D eigenvalue weighted by Gasteiger charge is -1.95. The second kappa shape index (κ2) is 18.0. The number of unbranched alkanes of at least 4 members (excludes halogenated alkanes) is 9. The SMILES string of the molecule is CCCCCC=CCCCCC=CCCCCCBr. The quantitative estimate of drug-likeness (QED) is 0.180. The molecule has 0 saturated heterocycles. The molecule has 0 aliphatic heterocycles. The monoisotopic (exact) mass is 328 g/mol. The average molecular weight is 329 g/mol. The second-order valence-electron chi connectivity index (χ2n) is 5.26. The molecule has 1 heteroatoms. The van der Waals surface area contributed by atoms with Crippen LogP contribution in [0.4, 0.5) is 0 Å². The predicted molar refractivity (Wildman–Crippen MR) is 93.2 cm³/mol. The summed E-state index contributed by atoms with van der Waals surface area (Å²) in [6, 6.07) is 0. The van der Waals surface area contributed by atoms with Gasteiger partial charge in [-0.15, -0.1) is 0 Å². The van der Waals surface area contributed by atoms with Gasteiger partial charge in [0.05, 0.1) is 0 Å². The summed E-state index contributed by atoms with van der Waals surface area (Å²) in [5, 5.41) is 1.16. The van der Waals surface area contributed by atoms with Crippen molar-refractivity contribution >= 4 is 15.9 Å². The summed E-state index contributed by atoms with van der Waals surface area (Å²) in [6.07, 6.45) is 25.4. The Bertz CT molecular complexity index is 206. The first-order chi connectivity index (χ1) is 9.41. The van der Waals surface area contributed by atoms with Crippen molar-refractivity contribution in [2.45, 2.75) is 84.0 Å². The van der Waals surface area contributed by atoms with Gasteiger partial charge in [-0.2, -0.15) is 0 Å². The molecule has 0 bridgehead atoms.